The van der Waals surface area contributed by atoms with Crippen LogP contribution < -0.4 is 0 Å². The van der Waals surface area contributed by atoms with Crippen LogP contribution in [0.2, 0.25) is 0 Å². The third-order valence-electron chi connectivity index (χ3n) is 0.354. The Morgan fingerprint density at radius 2 is 0.824 bits per heavy atom. The van der Waals surface area contributed by atoms with E-state index in [9.17, 15) is 0 Å². The van der Waals surface area contributed by atoms with E-state index in [1.807, 2.05) is 48.5 Å². The average Bonchev–Trinajstić information content (AvgIpc) is 3.28. The number of rotatable bonds is 0. The molecule has 1 aliphatic rings. The number of allylic oxidation sites excluding steroid dienone is 1. The van der Waals surface area contributed by atoms with Crippen molar-refractivity contribution in [2.75, 3.05) is 0 Å². The zero-order valence-electron chi connectivity index (χ0n) is 14.5. The van der Waals surface area contributed by atoms with E-state index >= 15 is 0 Å². The molecule has 0 nitrogen and oxygen atoms in total. The van der Waals surface area contributed by atoms with Gasteiger partial charge in [-0.25, -0.2) is 0 Å². The quantitative estimate of drug-likeness (QED) is 0.385. The Labute approximate surface area is 114 Å². The average molecular weight is 247 g/mol. The Balaban J connectivity index is -0.0000000211. The van der Waals surface area contributed by atoms with Crippen LogP contribution in [0.3, 0.4) is 0 Å². The molecular formula is C17H42. The molecule has 0 N–H and O–H groups in total. The predicted octanol–water partition coefficient (Wildman–Crippen LogP) is 7.66. The molecule has 0 bridgehead atoms. The lowest BCUT2D eigenvalue weighted by molar-refractivity contribution is 1.09. The molecule has 0 aliphatic heterocycles. The molecule has 0 heterocycles. The third kappa shape index (κ3) is 12200. The van der Waals surface area contributed by atoms with Crippen LogP contribution in [0.5, 0.6) is 0 Å². The van der Waals surface area contributed by atoms with Crippen molar-refractivity contribution in [3.8, 4) is 0 Å². The van der Waals surface area contributed by atoms with Crippen LogP contribution in [0.1, 0.15) is 88.0 Å². The SMILES string of the molecule is C1CC1.C=C.C=CC.CC.CC.CC.CCC. The molecule has 0 heteroatoms. The second-order valence-corrected chi connectivity index (χ2v) is 2.18. The summed E-state index contributed by atoms with van der Waals surface area (Å²) >= 11 is 0. The summed E-state index contributed by atoms with van der Waals surface area (Å²) in [5.41, 5.74) is 0. The second kappa shape index (κ2) is 162. The smallest absolute Gasteiger partial charge is 0.0473 e. The highest BCUT2D eigenvalue weighted by atomic mass is 14.0. The zero-order chi connectivity index (χ0) is 15.5. The van der Waals surface area contributed by atoms with Gasteiger partial charge < -0.3 is 0 Å². The molecule has 0 spiro atoms. The first-order valence-corrected chi connectivity index (χ1v) is 7.40. The highest BCUT2D eigenvalue weighted by molar-refractivity contribution is 4.51. The molecule has 0 aromatic rings. The monoisotopic (exact) mass is 246 g/mol. The standard InChI is InChI=1S/C3H6.C3H8.C3H6.3C2H6.C2H4/c1-2-3-1;2*1-3-2;4*1-2/h1-3H2;3H2,1-2H3;3H,1H2,2H3;3*1-2H3;1-2H2. The van der Waals surface area contributed by atoms with E-state index in [-0.39, 0.29) is 0 Å². The van der Waals surface area contributed by atoms with Crippen molar-refractivity contribution in [1.82, 2.24) is 0 Å². The van der Waals surface area contributed by atoms with Gasteiger partial charge in [0.25, 0.3) is 0 Å². The third-order valence-corrected chi connectivity index (χ3v) is 0.354. The number of hydrogen-bond acceptors (Lipinski definition) is 0. The minimum absolute atomic E-state index is 1.25. The van der Waals surface area contributed by atoms with Crippen LogP contribution in [0.25, 0.3) is 0 Å². The first-order chi connectivity index (χ1) is 8.33. The second-order valence-electron chi connectivity index (χ2n) is 2.18. The van der Waals surface area contributed by atoms with E-state index in [1.165, 1.54) is 25.7 Å². The molecule has 1 fully saturated rings. The maximum absolute atomic E-state index is 3.36. The van der Waals surface area contributed by atoms with Gasteiger partial charge >= 0.3 is 0 Å². The molecule has 0 atom stereocenters. The van der Waals surface area contributed by atoms with Gasteiger partial charge in [-0.2, -0.15) is 0 Å². The maximum Gasteiger partial charge on any atom is -0.0473 e. The molecule has 1 aliphatic carbocycles. The minimum atomic E-state index is 1.25. The molecule has 0 unspecified atom stereocenters. The molecule has 1 saturated carbocycles. The van der Waals surface area contributed by atoms with Crippen molar-refractivity contribution >= 4 is 0 Å². The fourth-order valence-electron chi connectivity index (χ4n) is 0. The van der Waals surface area contributed by atoms with Gasteiger partial charge in [-0.05, 0) is 6.92 Å². The summed E-state index contributed by atoms with van der Waals surface area (Å²) < 4.78 is 0. The summed E-state index contributed by atoms with van der Waals surface area (Å²) in [7, 11) is 0. The first kappa shape index (κ1) is 36.0. The Hall–Kier alpha value is -0.520. The lowest BCUT2D eigenvalue weighted by Crippen LogP contribution is -1.27. The van der Waals surface area contributed by atoms with Gasteiger partial charge in [0, 0.05) is 0 Å². The largest absolute Gasteiger partial charge is 0.106 e. The van der Waals surface area contributed by atoms with Gasteiger partial charge in [0.1, 0.15) is 0 Å². The summed E-state index contributed by atoms with van der Waals surface area (Å²) in [4.78, 5) is 0. The molecule has 0 aromatic heterocycles. The fraction of sp³-hybridized carbons (Fsp3) is 0.765. The summed E-state index contributed by atoms with van der Waals surface area (Å²) in [5.74, 6) is 0. The minimum Gasteiger partial charge on any atom is -0.106 e. The highest BCUT2D eigenvalue weighted by Crippen LogP contribution is 2.14. The topological polar surface area (TPSA) is 0 Å². The Morgan fingerprint density at radius 1 is 0.765 bits per heavy atom. The Kier molecular flexibility index (Phi) is 342. The molecule has 0 radical (unpaired) electrons. The van der Waals surface area contributed by atoms with Crippen LogP contribution >= 0.6 is 0 Å². The van der Waals surface area contributed by atoms with Crippen LogP contribution in [-0.2, 0) is 0 Å². The summed E-state index contributed by atoms with van der Waals surface area (Å²) in [6.07, 6.45) is 7.50. The van der Waals surface area contributed by atoms with Crippen molar-refractivity contribution < 1.29 is 0 Å². The van der Waals surface area contributed by atoms with E-state index in [4.69, 9.17) is 0 Å². The van der Waals surface area contributed by atoms with Gasteiger partial charge in [0.05, 0.1) is 0 Å². The van der Waals surface area contributed by atoms with E-state index in [0.717, 1.165) is 0 Å². The normalized spacial score (nSPS) is 7.35. The molecule has 0 amide bonds. The van der Waals surface area contributed by atoms with Gasteiger partial charge in [0.2, 0.25) is 0 Å². The molecule has 1 rings (SSSR count). The van der Waals surface area contributed by atoms with Crippen molar-refractivity contribution in [2.45, 2.75) is 88.0 Å². The van der Waals surface area contributed by atoms with Gasteiger partial charge in [-0.15, -0.1) is 19.7 Å². The Morgan fingerprint density at radius 3 is 0.824 bits per heavy atom. The summed E-state index contributed by atoms with van der Waals surface area (Å²) in [6, 6.07) is 0. The van der Waals surface area contributed by atoms with Crippen LogP contribution in [0.4, 0.5) is 0 Å². The van der Waals surface area contributed by atoms with Crippen molar-refractivity contribution in [2.24, 2.45) is 0 Å². The van der Waals surface area contributed by atoms with E-state index in [0.29, 0.717) is 0 Å². The lowest BCUT2D eigenvalue weighted by Gasteiger charge is -1.48. The molecule has 0 saturated heterocycles. The van der Waals surface area contributed by atoms with E-state index in [1.54, 1.807) is 6.08 Å². The molecule has 17 heavy (non-hydrogen) atoms. The van der Waals surface area contributed by atoms with Crippen LogP contribution in [0, 0.1) is 0 Å². The molecule has 0 aromatic carbocycles. The van der Waals surface area contributed by atoms with E-state index in [2.05, 4.69) is 33.6 Å². The molecule has 110 valence electrons. The van der Waals surface area contributed by atoms with Gasteiger partial charge in [0.15, 0.2) is 0 Å². The fourth-order valence-corrected chi connectivity index (χ4v) is 0. The summed E-state index contributed by atoms with van der Waals surface area (Å²) in [6.45, 7) is 27.5. The van der Waals surface area contributed by atoms with Crippen molar-refractivity contribution in [3.63, 3.8) is 0 Å². The van der Waals surface area contributed by atoms with Crippen molar-refractivity contribution in [1.29, 1.82) is 0 Å². The maximum atomic E-state index is 3.36. The van der Waals surface area contributed by atoms with Gasteiger partial charge in [-0.1, -0.05) is 87.1 Å². The van der Waals surface area contributed by atoms with Crippen LogP contribution in [0.15, 0.2) is 25.8 Å². The highest BCUT2D eigenvalue weighted by Gasteiger charge is 1.95. The number of hydrogen-bond donors (Lipinski definition) is 0. The van der Waals surface area contributed by atoms with Crippen molar-refractivity contribution in [3.05, 3.63) is 25.8 Å². The molecular weight excluding hydrogens is 204 g/mol. The first-order valence-electron chi connectivity index (χ1n) is 7.40. The Bertz CT molecular complexity index is 41.2. The predicted molar refractivity (Wildman–Crippen MR) is 91.0 cm³/mol. The zero-order valence-corrected chi connectivity index (χ0v) is 14.5. The van der Waals surface area contributed by atoms with Gasteiger partial charge in [-0.3, -0.25) is 0 Å². The van der Waals surface area contributed by atoms with E-state index < -0.39 is 0 Å². The lowest BCUT2D eigenvalue weighted by atomic mass is 10.6. The summed E-state index contributed by atoms with van der Waals surface area (Å²) in [5, 5.41) is 0. The van der Waals surface area contributed by atoms with Crippen LogP contribution in [-0.4, -0.2) is 0 Å².